The number of halogens is 11. The summed E-state index contributed by atoms with van der Waals surface area (Å²) in [7, 11) is -6.82. The molecule has 3 nitrogen and oxygen atoms in total. The van der Waals surface area contributed by atoms with E-state index < -0.39 is 52.8 Å². The highest BCUT2D eigenvalue weighted by atomic mass is 32.2. The Labute approximate surface area is 115 Å². The summed E-state index contributed by atoms with van der Waals surface area (Å²) in [4.78, 5) is 0. The van der Waals surface area contributed by atoms with E-state index >= 15 is 0 Å². The number of hydrogen-bond acceptors (Lipinski definition) is 3. The van der Waals surface area contributed by atoms with Crippen molar-refractivity contribution >= 4 is 10.1 Å². The van der Waals surface area contributed by atoms with Crippen molar-refractivity contribution in [1.29, 1.82) is 0 Å². The molecule has 0 aliphatic heterocycles. The van der Waals surface area contributed by atoms with Crippen molar-refractivity contribution in [3.8, 4) is 0 Å². The van der Waals surface area contributed by atoms with Crippen LogP contribution in [0, 0.1) is 0 Å². The number of rotatable bonds is 6. The summed E-state index contributed by atoms with van der Waals surface area (Å²) < 4.78 is 159. The zero-order valence-electron chi connectivity index (χ0n) is 10.00. The Kier molecular flexibility index (Phi) is 5.14. The molecule has 0 N–H and O–H groups in total. The molecule has 0 aromatic rings. The second-order valence-corrected chi connectivity index (χ2v) is 5.51. The van der Waals surface area contributed by atoms with Crippen molar-refractivity contribution in [2.75, 3.05) is 6.61 Å². The van der Waals surface area contributed by atoms with Crippen LogP contribution in [0.1, 0.15) is 6.92 Å². The fourth-order valence-electron chi connectivity index (χ4n) is 0.814. The van der Waals surface area contributed by atoms with Crippen LogP contribution < -0.4 is 0 Å². The van der Waals surface area contributed by atoms with Crippen molar-refractivity contribution in [2.45, 2.75) is 36.1 Å². The second kappa shape index (κ2) is 5.35. The van der Waals surface area contributed by atoms with Gasteiger partial charge in [-0.1, -0.05) is 0 Å². The largest absolute Gasteiger partial charge is 0.523 e. The van der Waals surface area contributed by atoms with Crippen LogP contribution in [0.2, 0.25) is 0 Å². The molecule has 0 atom stereocenters. The van der Waals surface area contributed by atoms with Gasteiger partial charge in [0.05, 0.1) is 0 Å². The Morgan fingerprint density at radius 1 is 0.773 bits per heavy atom. The highest BCUT2D eigenvalue weighted by Gasteiger charge is 2.79. The molecule has 22 heavy (non-hydrogen) atoms. The maximum atomic E-state index is 12.8. The molecule has 0 saturated heterocycles. The van der Waals surface area contributed by atoms with Gasteiger partial charge in [-0.2, -0.15) is 56.7 Å². The molecule has 0 spiro atoms. The maximum absolute atomic E-state index is 12.8. The van der Waals surface area contributed by atoms with Crippen LogP contribution >= 0.6 is 0 Å². The minimum Gasteiger partial charge on any atom is -0.257 e. The van der Waals surface area contributed by atoms with Gasteiger partial charge in [0, 0.05) is 6.92 Å². The minimum absolute atomic E-state index is 0.843. The average Bonchev–Trinajstić information content (AvgIpc) is 2.23. The highest BCUT2D eigenvalue weighted by molar-refractivity contribution is 7.87. The van der Waals surface area contributed by atoms with Crippen LogP contribution in [0.25, 0.3) is 0 Å². The molecule has 0 saturated carbocycles. The first-order valence-corrected chi connectivity index (χ1v) is 6.08. The topological polar surface area (TPSA) is 43.4 Å². The summed E-state index contributed by atoms with van der Waals surface area (Å²) in [6, 6.07) is 0. The molecule has 0 amide bonds. The normalized spacial score (nSPS) is 16.0. The zero-order chi connectivity index (χ0) is 18.4. The smallest absolute Gasteiger partial charge is 0.257 e. The van der Waals surface area contributed by atoms with Crippen LogP contribution in [-0.4, -0.2) is 44.2 Å². The van der Waals surface area contributed by atoms with Crippen molar-refractivity contribution in [2.24, 2.45) is 0 Å². The lowest BCUT2D eigenvalue weighted by molar-refractivity contribution is -0.365. The van der Waals surface area contributed by atoms with E-state index in [2.05, 4.69) is 4.18 Å². The molecule has 134 valence electrons. The Morgan fingerprint density at radius 2 is 1.14 bits per heavy atom. The van der Waals surface area contributed by atoms with E-state index in [1.165, 1.54) is 0 Å². The Bertz CT molecular complexity index is 501. The van der Waals surface area contributed by atoms with Crippen LogP contribution in [-0.2, 0) is 14.3 Å². The van der Waals surface area contributed by atoms with Crippen LogP contribution in [0.4, 0.5) is 48.3 Å². The minimum atomic E-state index is -6.90. The van der Waals surface area contributed by atoms with E-state index in [0.717, 1.165) is 0 Å². The average molecular weight is 378 g/mol. The predicted molar refractivity (Wildman–Crippen MR) is 46.4 cm³/mol. The Morgan fingerprint density at radius 3 is 1.41 bits per heavy atom. The molecular formula is C7H5F11O3S. The van der Waals surface area contributed by atoms with Crippen LogP contribution in [0.5, 0.6) is 0 Å². The van der Waals surface area contributed by atoms with Gasteiger partial charge >= 0.3 is 39.3 Å². The van der Waals surface area contributed by atoms with Crippen molar-refractivity contribution in [3.63, 3.8) is 0 Å². The van der Waals surface area contributed by atoms with Crippen molar-refractivity contribution < 1.29 is 60.9 Å². The third-order valence-corrected chi connectivity index (χ3v) is 3.08. The summed E-state index contributed by atoms with van der Waals surface area (Å²) in [6.45, 7) is -4.27. The molecule has 0 aliphatic rings. The third-order valence-electron chi connectivity index (χ3n) is 2.08. The molecular weight excluding hydrogens is 373 g/mol. The molecule has 15 heteroatoms. The first-order chi connectivity index (χ1) is 9.21. The summed E-state index contributed by atoms with van der Waals surface area (Å²) in [5, 5.41) is 0. The van der Waals surface area contributed by atoms with Gasteiger partial charge in [0.1, 0.15) is 6.61 Å². The predicted octanol–water partition coefficient (Wildman–Crippen LogP) is 3.41. The van der Waals surface area contributed by atoms with E-state index in [4.69, 9.17) is 0 Å². The second-order valence-electron chi connectivity index (χ2n) is 3.90. The van der Waals surface area contributed by atoms with Crippen molar-refractivity contribution in [1.82, 2.24) is 0 Å². The zero-order valence-corrected chi connectivity index (χ0v) is 10.8. The van der Waals surface area contributed by atoms with Gasteiger partial charge in [-0.25, -0.2) is 0 Å². The van der Waals surface area contributed by atoms with Crippen LogP contribution in [0.3, 0.4) is 0 Å². The quantitative estimate of drug-likeness (QED) is 0.404. The van der Waals surface area contributed by atoms with Crippen molar-refractivity contribution in [3.05, 3.63) is 0 Å². The van der Waals surface area contributed by atoms with E-state index in [-0.39, 0.29) is 0 Å². The fourth-order valence-corrected chi connectivity index (χ4v) is 1.25. The summed E-state index contributed by atoms with van der Waals surface area (Å²) >= 11 is 0. The van der Waals surface area contributed by atoms with E-state index in [9.17, 15) is 56.7 Å². The Balaban J connectivity index is 5.50. The van der Waals surface area contributed by atoms with E-state index in [1.807, 2.05) is 0 Å². The highest BCUT2D eigenvalue weighted by Crippen LogP contribution is 2.52. The van der Waals surface area contributed by atoms with E-state index in [0.29, 0.717) is 0 Å². The third kappa shape index (κ3) is 3.55. The van der Waals surface area contributed by atoms with Gasteiger partial charge < -0.3 is 0 Å². The lowest BCUT2D eigenvalue weighted by Crippen LogP contribution is -2.62. The SMILES string of the molecule is CC(F)(F)C(F)(F)C(F)(F)C(F)(F)COS(=O)(=O)C(F)(F)F. The lowest BCUT2D eigenvalue weighted by atomic mass is 10.0. The molecule has 0 radical (unpaired) electrons. The molecule has 0 rings (SSSR count). The van der Waals surface area contributed by atoms with E-state index in [1.54, 1.807) is 0 Å². The van der Waals surface area contributed by atoms with Gasteiger partial charge in [-0.15, -0.1) is 0 Å². The molecule has 0 aromatic carbocycles. The molecule has 0 fully saturated rings. The molecule has 0 aromatic heterocycles. The summed E-state index contributed by atoms with van der Waals surface area (Å²) in [5.74, 6) is -25.6. The van der Waals surface area contributed by atoms with Gasteiger partial charge in [0.15, 0.2) is 0 Å². The number of hydrogen-bond donors (Lipinski definition) is 0. The van der Waals surface area contributed by atoms with Gasteiger partial charge in [0.25, 0.3) is 0 Å². The lowest BCUT2D eigenvalue weighted by Gasteiger charge is -2.35. The Hall–Kier alpha value is -0.860. The fraction of sp³-hybridized carbons (Fsp3) is 1.00. The first kappa shape index (κ1) is 21.1. The van der Waals surface area contributed by atoms with Gasteiger partial charge in [0.2, 0.25) is 0 Å². The van der Waals surface area contributed by atoms with Gasteiger partial charge in [-0.3, -0.25) is 4.18 Å². The molecule has 0 bridgehead atoms. The van der Waals surface area contributed by atoms with Gasteiger partial charge in [-0.05, 0) is 0 Å². The number of alkyl halides is 11. The standard InChI is InChI=1S/C7H5F11O3S/c1-3(8,9)5(12,13)6(14,15)4(10,11)2-21-22(19,20)7(16,17)18/h2H2,1H3. The molecule has 0 unspecified atom stereocenters. The monoisotopic (exact) mass is 378 g/mol. The molecule has 0 aliphatic carbocycles. The van der Waals surface area contributed by atoms with Crippen LogP contribution in [0.15, 0.2) is 0 Å². The molecule has 0 heterocycles. The maximum Gasteiger partial charge on any atom is 0.523 e. The summed E-state index contributed by atoms with van der Waals surface area (Å²) in [6.07, 6.45) is 0. The summed E-state index contributed by atoms with van der Waals surface area (Å²) in [5.41, 5.74) is -6.31. The first-order valence-electron chi connectivity index (χ1n) is 4.68.